The van der Waals surface area contributed by atoms with Crippen LogP contribution in [0.15, 0.2) is 42.5 Å². The van der Waals surface area contributed by atoms with E-state index in [0.29, 0.717) is 18.7 Å². The number of nitrogens with one attached hydrogen (secondary N) is 1. The van der Waals surface area contributed by atoms with E-state index in [0.717, 1.165) is 11.3 Å². The van der Waals surface area contributed by atoms with Gasteiger partial charge in [0, 0.05) is 18.3 Å². The standard InChI is InChI=1S/C18H21N3O3/c1-20(2)13-10-16(18(23)24)21(11-13)17(22)15-9-8-14(19-15)12-6-4-3-5-7-12/h3-9,13,16,19H,10-11H2,1-2H3,(H,23,24)/t13-,16+/m1/s1. The Morgan fingerprint density at radius 1 is 1.17 bits per heavy atom. The third-order valence-corrected chi connectivity index (χ3v) is 4.56. The van der Waals surface area contributed by atoms with Gasteiger partial charge < -0.3 is 19.9 Å². The average Bonchev–Trinajstić information content (AvgIpc) is 3.22. The quantitative estimate of drug-likeness (QED) is 0.899. The van der Waals surface area contributed by atoms with E-state index in [1.165, 1.54) is 4.90 Å². The molecule has 0 saturated carbocycles. The first-order chi connectivity index (χ1) is 11.5. The molecule has 0 bridgehead atoms. The van der Waals surface area contributed by atoms with Gasteiger partial charge in [-0.15, -0.1) is 0 Å². The van der Waals surface area contributed by atoms with E-state index in [9.17, 15) is 14.7 Å². The van der Waals surface area contributed by atoms with Crippen LogP contribution in [0.25, 0.3) is 11.3 Å². The van der Waals surface area contributed by atoms with Gasteiger partial charge in [0.15, 0.2) is 0 Å². The number of amides is 1. The van der Waals surface area contributed by atoms with E-state index < -0.39 is 12.0 Å². The normalized spacial score (nSPS) is 20.5. The third-order valence-electron chi connectivity index (χ3n) is 4.56. The molecule has 0 radical (unpaired) electrons. The summed E-state index contributed by atoms with van der Waals surface area (Å²) in [5.41, 5.74) is 2.24. The van der Waals surface area contributed by atoms with Gasteiger partial charge in [-0.1, -0.05) is 30.3 Å². The molecule has 24 heavy (non-hydrogen) atoms. The second kappa shape index (κ2) is 6.49. The fourth-order valence-corrected chi connectivity index (χ4v) is 3.11. The van der Waals surface area contributed by atoms with Crippen LogP contribution in [-0.2, 0) is 4.79 Å². The highest BCUT2D eigenvalue weighted by Crippen LogP contribution is 2.25. The molecule has 1 fully saturated rings. The van der Waals surface area contributed by atoms with Gasteiger partial charge in [-0.25, -0.2) is 4.79 Å². The number of carboxylic acid groups (broad SMARTS) is 1. The zero-order chi connectivity index (χ0) is 17.3. The molecule has 1 saturated heterocycles. The molecule has 2 N–H and O–H groups in total. The van der Waals surface area contributed by atoms with E-state index >= 15 is 0 Å². The Morgan fingerprint density at radius 2 is 1.88 bits per heavy atom. The Hall–Kier alpha value is -2.60. The lowest BCUT2D eigenvalue weighted by Gasteiger charge is -2.21. The van der Waals surface area contributed by atoms with Crippen molar-refractivity contribution in [2.75, 3.05) is 20.6 Å². The lowest BCUT2D eigenvalue weighted by atomic mass is 10.1. The van der Waals surface area contributed by atoms with Gasteiger partial charge in [0.05, 0.1) is 0 Å². The summed E-state index contributed by atoms with van der Waals surface area (Å²) in [4.78, 5) is 30.8. The molecule has 1 aromatic heterocycles. The highest BCUT2D eigenvalue weighted by Gasteiger charge is 2.41. The van der Waals surface area contributed by atoms with Gasteiger partial charge in [-0.2, -0.15) is 0 Å². The van der Waals surface area contributed by atoms with Crippen molar-refractivity contribution in [1.29, 1.82) is 0 Å². The van der Waals surface area contributed by atoms with Crippen molar-refractivity contribution in [3.63, 3.8) is 0 Å². The summed E-state index contributed by atoms with van der Waals surface area (Å²) < 4.78 is 0. The number of carbonyl (C=O) groups is 2. The van der Waals surface area contributed by atoms with E-state index in [-0.39, 0.29) is 11.9 Å². The van der Waals surface area contributed by atoms with Crippen LogP contribution in [0, 0.1) is 0 Å². The maximum atomic E-state index is 12.8. The second-order valence-corrected chi connectivity index (χ2v) is 6.32. The van der Waals surface area contributed by atoms with E-state index in [1.54, 1.807) is 6.07 Å². The molecule has 2 aromatic rings. The number of nitrogens with zero attached hydrogens (tertiary/aromatic N) is 2. The van der Waals surface area contributed by atoms with Gasteiger partial charge >= 0.3 is 5.97 Å². The van der Waals surface area contributed by atoms with Crippen LogP contribution in [0.1, 0.15) is 16.9 Å². The molecule has 3 rings (SSSR count). The molecule has 6 heteroatoms. The van der Waals surface area contributed by atoms with Crippen LogP contribution in [0.5, 0.6) is 0 Å². The molecule has 6 nitrogen and oxygen atoms in total. The van der Waals surface area contributed by atoms with Crippen molar-refractivity contribution in [2.24, 2.45) is 0 Å². The minimum Gasteiger partial charge on any atom is -0.480 e. The van der Waals surface area contributed by atoms with Crippen LogP contribution in [0.4, 0.5) is 0 Å². The summed E-state index contributed by atoms with van der Waals surface area (Å²) >= 11 is 0. The van der Waals surface area contributed by atoms with Gasteiger partial charge in [0.2, 0.25) is 0 Å². The Labute approximate surface area is 140 Å². The number of hydrogen-bond acceptors (Lipinski definition) is 3. The lowest BCUT2D eigenvalue weighted by molar-refractivity contribution is -0.141. The fourth-order valence-electron chi connectivity index (χ4n) is 3.11. The van der Waals surface area contributed by atoms with E-state index in [4.69, 9.17) is 0 Å². The van der Waals surface area contributed by atoms with Gasteiger partial charge in [-0.05, 0) is 38.2 Å². The molecule has 1 aromatic carbocycles. The number of likely N-dealkylation sites (tertiary alicyclic amines) is 1. The zero-order valence-corrected chi connectivity index (χ0v) is 13.8. The minimum absolute atomic E-state index is 0.0543. The molecule has 1 aliphatic heterocycles. The Balaban J connectivity index is 1.83. The first kappa shape index (κ1) is 16.3. The Morgan fingerprint density at radius 3 is 2.50 bits per heavy atom. The lowest BCUT2D eigenvalue weighted by Crippen LogP contribution is -2.41. The van der Waals surface area contributed by atoms with Crippen LogP contribution in [0.2, 0.25) is 0 Å². The van der Waals surface area contributed by atoms with Crippen LogP contribution >= 0.6 is 0 Å². The zero-order valence-electron chi connectivity index (χ0n) is 13.8. The molecule has 1 amide bonds. The summed E-state index contributed by atoms with van der Waals surface area (Å²) in [7, 11) is 3.80. The summed E-state index contributed by atoms with van der Waals surface area (Å²) in [6.07, 6.45) is 0.445. The average molecular weight is 327 g/mol. The van der Waals surface area contributed by atoms with Crippen LogP contribution < -0.4 is 0 Å². The molecular formula is C18H21N3O3. The second-order valence-electron chi connectivity index (χ2n) is 6.32. The molecule has 2 atom stereocenters. The third kappa shape index (κ3) is 3.05. The van der Waals surface area contributed by atoms with Crippen LogP contribution in [-0.4, -0.2) is 64.5 Å². The first-order valence-corrected chi connectivity index (χ1v) is 7.92. The SMILES string of the molecule is CN(C)[C@@H]1C[C@@H](C(=O)O)N(C(=O)c2ccc(-c3ccccc3)[nH]2)C1. The number of benzene rings is 1. The summed E-state index contributed by atoms with van der Waals surface area (Å²) in [5, 5.41) is 9.44. The van der Waals surface area contributed by atoms with Crippen molar-refractivity contribution in [2.45, 2.75) is 18.5 Å². The van der Waals surface area contributed by atoms with Crippen molar-refractivity contribution >= 4 is 11.9 Å². The Kier molecular flexibility index (Phi) is 4.40. The van der Waals surface area contributed by atoms with E-state index in [1.807, 2.05) is 55.4 Å². The number of aromatic nitrogens is 1. The number of hydrogen-bond donors (Lipinski definition) is 2. The minimum atomic E-state index is -0.956. The predicted octanol–water partition coefficient (Wildman–Crippen LogP) is 1.91. The fraction of sp³-hybridized carbons (Fsp3) is 0.333. The van der Waals surface area contributed by atoms with Gasteiger partial charge in [0.1, 0.15) is 11.7 Å². The number of likely N-dealkylation sites (N-methyl/N-ethyl adjacent to an activating group) is 1. The van der Waals surface area contributed by atoms with Crippen molar-refractivity contribution in [3.8, 4) is 11.3 Å². The van der Waals surface area contributed by atoms with Gasteiger partial charge in [-0.3, -0.25) is 4.79 Å². The highest BCUT2D eigenvalue weighted by atomic mass is 16.4. The maximum Gasteiger partial charge on any atom is 0.326 e. The Bertz CT molecular complexity index is 739. The smallest absolute Gasteiger partial charge is 0.326 e. The van der Waals surface area contributed by atoms with Crippen LogP contribution in [0.3, 0.4) is 0 Å². The van der Waals surface area contributed by atoms with Crippen molar-refractivity contribution in [1.82, 2.24) is 14.8 Å². The molecule has 0 spiro atoms. The molecule has 2 heterocycles. The molecule has 0 unspecified atom stereocenters. The topological polar surface area (TPSA) is 76.6 Å². The molecule has 126 valence electrons. The summed E-state index contributed by atoms with van der Waals surface area (Å²) in [6, 6.07) is 12.5. The number of carboxylic acids is 1. The number of H-pyrrole nitrogens is 1. The molecule has 1 aliphatic rings. The number of rotatable bonds is 4. The number of carbonyl (C=O) groups excluding carboxylic acids is 1. The number of aliphatic carboxylic acids is 1. The maximum absolute atomic E-state index is 12.8. The molecular weight excluding hydrogens is 306 g/mol. The van der Waals surface area contributed by atoms with Crippen molar-refractivity contribution in [3.05, 3.63) is 48.2 Å². The van der Waals surface area contributed by atoms with Gasteiger partial charge in [0.25, 0.3) is 5.91 Å². The highest BCUT2D eigenvalue weighted by molar-refractivity contribution is 5.96. The summed E-state index contributed by atoms with van der Waals surface area (Å²) in [6.45, 7) is 0.419. The largest absolute Gasteiger partial charge is 0.480 e. The van der Waals surface area contributed by atoms with Crippen molar-refractivity contribution < 1.29 is 14.7 Å². The molecule has 0 aliphatic carbocycles. The van der Waals surface area contributed by atoms with E-state index in [2.05, 4.69) is 4.98 Å². The monoisotopic (exact) mass is 327 g/mol. The summed E-state index contributed by atoms with van der Waals surface area (Å²) in [5.74, 6) is -1.23. The first-order valence-electron chi connectivity index (χ1n) is 7.92. The predicted molar refractivity (Wildman–Crippen MR) is 90.8 cm³/mol. The number of aromatic amines is 1.